The highest BCUT2D eigenvalue weighted by molar-refractivity contribution is 9.10. The standard InChI is InChI=1S/C22H21BrN4S/c23-15-9-11-16(12-10-15)27-21(24-25-22(27)28)13-14-26-19-7-3-1-5-17(19)18-6-2-4-8-20(18)26/h1,3,5,7,9-12H,2,4,6,8,13-14H2,(H,25,28). The van der Waals surface area contributed by atoms with E-state index in [0.717, 1.165) is 29.0 Å². The van der Waals surface area contributed by atoms with Crippen molar-refractivity contribution in [2.24, 2.45) is 0 Å². The van der Waals surface area contributed by atoms with Crippen LogP contribution in [0.2, 0.25) is 0 Å². The van der Waals surface area contributed by atoms with Crippen molar-refractivity contribution in [1.82, 2.24) is 19.3 Å². The number of aromatic nitrogens is 4. The van der Waals surface area contributed by atoms with Crippen LogP contribution < -0.4 is 0 Å². The van der Waals surface area contributed by atoms with Crippen LogP contribution in [0.15, 0.2) is 53.0 Å². The first-order valence-corrected chi connectivity index (χ1v) is 10.9. The second kappa shape index (κ2) is 7.33. The van der Waals surface area contributed by atoms with Gasteiger partial charge in [0.15, 0.2) is 4.77 Å². The molecular weight excluding hydrogens is 432 g/mol. The Balaban J connectivity index is 1.52. The van der Waals surface area contributed by atoms with Crippen LogP contribution in [0.3, 0.4) is 0 Å². The zero-order chi connectivity index (χ0) is 19.1. The number of rotatable bonds is 4. The smallest absolute Gasteiger partial charge is 0.199 e. The summed E-state index contributed by atoms with van der Waals surface area (Å²) < 4.78 is 6.24. The average Bonchev–Trinajstić information content (AvgIpc) is 3.25. The number of nitrogens with one attached hydrogen (secondary N) is 1. The number of halogens is 1. The van der Waals surface area contributed by atoms with Crippen LogP contribution in [-0.4, -0.2) is 19.3 Å². The third kappa shape index (κ3) is 3.05. The van der Waals surface area contributed by atoms with Crippen molar-refractivity contribution in [3.05, 3.63) is 74.9 Å². The summed E-state index contributed by atoms with van der Waals surface area (Å²) in [5, 5.41) is 8.92. The lowest BCUT2D eigenvalue weighted by Crippen LogP contribution is -2.12. The lowest BCUT2D eigenvalue weighted by Gasteiger charge is -2.16. The van der Waals surface area contributed by atoms with Gasteiger partial charge in [-0.1, -0.05) is 34.1 Å². The van der Waals surface area contributed by atoms with E-state index in [4.69, 9.17) is 12.2 Å². The van der Waals surface area contributed by atoms with Gasteiger partial charge in [-0.3, -0.25) is 9.67 Å². The lowest BCUT2D eigenvalue weighted by molar-refractivity contribution is 0.602. The van der Waals surface area contributed by atoms with Gasteiger partial charge in [0, 0.05) is 39.7 Å². The summed E-state index contributed by atoms with van der Waals surface area (Å²) in [4.78, 5) is 0. The Labute approximate surface area is 177 Å². The molecule has 2 aromatic carbocycles. The molecule has 0 saturated heterocycles. The fraction of sp³-hybridized carbons (Fsp3) is 0.273. The summed E-state index contributed by atoms with van der Waals surface area (Å²) in [6.45, 7) is 0.909. The van der Waals surface area contributed by atoms with E-state index in [2.05, 4.69) is 67.1 Å². The number of para-hydroxylation sites is 1. The molecule has 1 N–H and O–H groups in total. The molecule has 0 fully saturated rings. The van der Waals surface area contributed by atoms with Gasteiger partial charge >= 0.3 is 0 Å². The highest BCUT2D eigenvalue weighted by Gasteiger charge is 2.20. The average molecular weight is 453 g/mol. The van der Waals surface area contributed by atoms with E-state index in [1.54, 1.807) is 5.56 Å². The molecular formula is C22H21BrN4S. The van der Waals surface area contributed by atoms with Gasteiger partial charge in [0.2, 0.25) is 0 Å². The van der Waals surface area contributed by atoms with Crippen LogP contribution in [-0.2, 0) is 25.8 Å². The van der Waals surface area contributed by atoms with Crippen molar-refractivity contribution >= 4 is 39.1 Å². The zero-order valence-corrected chi connectivity index (χ0v) is 17.9. The number of nitrogens with zero attached hydrogens (tertiary/aromatic N) is 3. The number of aryl methyl sites for hydroxylation is 3. The first-order chi connectivity index (χ1) is 13.7. The van der Waals surface area contributed by atoms with Gasteiger partial charge in [0.25, 0.3) is 0 Å². The monoisotopic (exact) mass is 452 g/mol. The van der Waals surface area contributed by atoms with Gasteiger partial charge in [-0.25, -0.2) is 0 Å². The molecule has 2 aromatic heterocycles. The topological polar surface area (TPSA) is 38.5 Å². The van der Waals surface area contributed by atoms with Crippen LogP contribution in [0.25, 0.3) is 16.6 Å². The molecule has 0 radical (unpaired) electrons. The van der Waals surface area contributed by atoms with Crippen LogP contribution in [0.5, 0.6) is 0 Å². The molecule has 142 valence electrons. The molecule has 0 saturated carbocycles. The van der Waals surface area contributed by atoms with Crippen LogP contribution in [0, 0.1) is 4.77 Å². The maximum absolute atomic E-state index is 5.50. The van der Waals surface area contributed by atoms with Gasteiger partial charge in [0.1, 0.15) is 5.82 Å². The molecule has 5 rings (SSSR count). The molecule has 6 heteroatoms. The molecule has 2 heterocycles. The molecule has 0 bridgehead atoms. The Bertz CT molecular complexity index is 1200. The molecule has 4 aromatic rings. The lowest BCUT2D eigenvalue weighted by atomic mass is 9.95. The maximum Gasteiger partial charge on any atom is 0.199 e. The first-order valence-electron chi connectivity index (χ1n) is 9.73. The minimum absolute atomic E-state index is 0.636. The minimum atomic E-state index is 0.636. The van der Waals surface area contributed by atoms with E-state index >= 15 is 0 Å². The Hall–Kier alpha value is -2.18. The molecule has 0 amide bonds. The molecule has 0 atom stereocenters. The van der Waals surface area contributed by atoms with Gasteiger partial charge < -0.3 is 4.57 Å². The summed E-state index contributed by atoms with van der Waals surface area (Å²) in [7, 11) is 0. The summed E-state index contributed by atoms with van der Waals surface area (Å²) >= 11 is 9.00. The van der Waals surface area contributed by atoms with E-state index in [1.807, 2.05) is 16.7 Å². The van der Waals surface area contributed by atoms with Crippen molar-refractivity contribution in [2.75, 3.05) is 0 Å². The van der Waals surface area contributed by atoms with Crippen molar-refractivity contribution in [3.63, 3.8) is 0 Å². The summed E-state index contributed by atoms with van der Waals surface area (Å²) in [6.07, 6.45) is 5.77. The Kier molecular flexibility index (Phi) is 4.69. The number of benzene rings is 2. The molecule has 4 nitrogen and oxygen atoms in total. The Morgan fingerprint density at radius 2 is 1.82 bits per heavy atom. The van der Waals surface area contributed by atoms with Gasteiger partial charge in [-0.2, -0.15) is 5.10 Å². The third-order valence-electron chi connectivity index (χ3n) is 5.67. The molecule has 0 unspecified atom stereocenters. The van der Waals surface area contributed by atoms with Crippen molar-refractivity contribution < 1.29 is 0 Å². The molecule has 0 aliphatic heterocycles. The van der Waals surface area contributed by atoms with Gasteiger partial charge in [0.05, 0.1) is 0 Å². The highest BCUT2D eigenvalue weighted by Crippen LogP contribution is 2.32. The number of hydrogen-bond donors (Lipinski definition) is 1. The number of fused-ring (bicyclic) bond motifs is 3. The first kappa shape index (κ1) is 17.9. The normalized spacial score (nSPS) is 13.8. The summed E-state index contributed by atoms with van der Waals surface area (Å²) in [5.41, 5.74) is 5.44. The van der Waals surface area contributed by atoms with Crippen LogP contribution >= 0.6 is 28.1 Å². The highest BCUT2D eigenvalue weighted by atomic mass is 79.9. The Morgan fingerprint density at radius 3 is 2.68 bits per heavy atom. The predicted octanol–water partition coefficient (Wildman–Crippen LogP) is 5.77. The second-order valence-electron chi connectivity index (χ2n) is 7.31. The zero-order valence-electron chi connectivity index (χ0n) is 15.5. The van der Waals surface area contributed by atoms with E-state index in [0.29, 0.717) is 4.77 Å². The van der Waals surface area contributed by atoms with Crippen molar-refractivity contribution in [3.8, 4) is 5.69 Å². The van der Waals surface area contributed by atoms with Crippen molar-refractivity contribution in [1.29, 1.82) is 0 Å². The van der Waals surface area contributed by atoms with E-state index in [9.17, 15) is 0 Å². The summed E-state index contributed by atoms with van der Waals surface area (Å²) in [5.74, 6) is 0.967. The van der Waals surface area contributed by atoms with E-state index in [-0.39, 0.29) is 0 Å². The van der Waals surface area contributed by atoms with E-state index in [1.165, 1.54) is 42.3 Å². The van der Waals surface area contributed by atoms with Crippen LogP contribution in [0.1, 0.15) is 29.9 Å². The maximum atomic E-state index is 5.50. The molecule has 1 aliphatic carbocycles. The minimum Gasteiger partial charge on any atom is -0.344 e. The quantitative estimate of drug-likeness (QED) is 0.399. The number of aromatic amines is 1. The largest absolute Gasteiger partial charge is 0.344 e. The fourth-order valence-electron chi connectivity index (χ4n) is 4.41. The van der Waals surface area contributed by atoms with Gasteiger partial charge in [-0.15, -0.1) is 0 Å². The van der Waals surface area contributed by atoms with Gasteiger partial charge in [-0.05, 0) is 73.8 Å². The summed E-state index contributed by atoms with van der Waals surface area (Å²) in [6, 6.07) is 17.0. The number of hydrogen-bond acceptors (Lipinski definition) is 2. The SMILES string of the molecule is S=c1[nH]nc(CCn2c3c(c4ccccc42)CCCC3)n1-c1ccc(Br)cc1. The second-order valence-corrected chi connectivity index (χ2v) is 8.61. The van der Waals surface area contributed by atoms with Crippen molar-refractivity contribution in [2.45, 2.75) is 38.6 Å². The fourth-order valence-corrected chi connectivity index (χ4v) is 4.93. The molecule has 28 heavy (non-hydrogen) atoms. The van der Waals surface area contributed by atoms with Crippen LogP contribution in [0.4, 0.5) is 0 Å². The number of H-pyrrole nitrogens is 1. The van der Waals surface area contributed by atoms with E-state index < -0.39 is 0 Å². The Morgan fingerprint density at radius 1 is 1.04 bits per heavy atom. The molecule has 0 spiro atoms. The molecule has 1 aliphatic rings. The predicted molar refractivity (Wildman–Crippen MR) is 119 cm³/mol. The third-order valence-corrected chi connectivity index (χ3v) is 6.47.